The molecule has 1 heterocycles. The molecule has 0 aliphatic carbocycles. The van der Waals surface area contributed by atoms with Gasteiger partial charge in [0.15, 0.2) is 28.0 Å². The summed E-state index contributed by atoms with van der Waals surface area (Å²) >= 11 is 4.85. The van der Waals surface area contributed by atoms with Gasteiger partial charge in [-0.2, -0.15) is 5.10 Å². The number of rotatable bonds is 2. The third-order valence-electron chi connectivity index (χ3n) is 2.53. The Hall–Kier alpha value is -1.70. The van der Waals surface area contributed by atoms with E-state index in [2.05, 4.69) is 10.2 Å². The minimum atomic E-state index is -1.52. The molecule has 3 nitrogen and oxygen atoms in total. The highest BCUT2D eigenvalue weighted by Crippen LogP contribution is 2.26. The van der Waals surface area contributed by atoms with Crippen LogP contribution in [0.1, 0.15) is 25.6 Å². The van der Waals surface area contributed by atoms with E-state index in [1.165, 1.54) is 0 Å². The number of halogens is 4. The summed E-state index contributed by atoms with van der Waals surface area (Å²) in [5.41, 5.74) is -0.903. The molecular weight excluding hydrogens is 282 g/mol. The average Bonchev–Trinajstić information content (AvgIpc) is 2.70. The quantitative estimate of drug-likeness (QED) is 0.521. The van der Waals surface area contributed by atoms with E-state index in [0.29, 0.717) is 0 Å². The molecule has 8 heteroatoms. The summed E-state index contributed by atoms with van der Waals surface area (Å²) in [5, 5.41) is 6.15. The lowest BCUT2D eigenvalue weighted by Crippen LogP contribution is -2.10. The van der Waals surface area contributed by atoms with Crippen molar-refractivity contribution in [1.82, 2.24) is 14.8 Å². The summed E-state index contributed by atoms with van der Waals surface area (Å²) in [6, 6.07) is 0.146. The van der Waals surface area contributed by atoms with Crippen molar-refractivity contribution >= 4 is 12.2 Å². The van der Waals surface area contributed by atoms with Crippen LogP contribution in [0.25, 0.3) is 5.69 Å². The fourth-order valence-corrected chi connectivity index (χ4v) is 1.90. The number of nitrogens with one attached hydrogen (secondary N) is 1. The predicted octanol–water partition coefficient (Wildman–Crippen LogP) is 3.61. The van der Waals surface area contributed by atoms with E-state index in [0.717, 1.165) is 4.57 Å². The topological polar surface area (TPSA) is 33.6 Å². The van der Waals surface area contributed by atoms with Crippen LogP contribution in [0.2, 0.25) is 0 Å². The van der Waals surface area contributed by atoms with E-state index < -0.39 is 29.0 Å². The molecule has 0 aliphatic heterocycles. The Bertz CT molecular complexity index is 664. The third kappa shape index (κ3) is 2.16. The van der Waals surface area contributed by atoms with Crippen molar-refractivity contribution in [3.05, 3.63) is 39.9 Å². The summed E-state index contributed by atoms with van der Waals surface area (Å²) in [6.45, 7) is 3.40. The van der Waals surface area contributed by atoms with Gasteiger partial charge in [0.25, 0.3) is 0 Å². The van der Waals surface area contributed by atoms with Crippen molar-refractivity contribution in [2.45, 2.75) is 19.8 Å². The maximum atomic E-state index is 13.7. The van der Waals surface area contributed by atoms with E-state index in [9.17, 15) is 17.6 Å². The molecule has 0 spiro atoms. The molecule has 1 aromatic carbocycles. The maximum absolute atomic E-state index is 13.7. The summed E-state index contributed by atoms with van der Waals surface area (Å²) in [6.07, 6.45) is 0. The zero-order valence-electron chi connectivity index (χ0n) is 9.97. The number of aromatic amines is 1. The highest BCUT2D eigenvalue weighted by molar-refractivity contribution is 7.71. The number of hydrogen-bond donors (Lipinski definition) is 1. The molecule has 2 aromatic rings. The Labute approximate surface area is 110 Å². The van der Waals surface area contributed by atoms with Crippen LogP contribution < -0.4 is 0 Å². The number of hydrogen-bond acceptors (Lipinski definition) is 2. The molecule has 2 rings (SSSR count). The smallest absolute Gasteiger partial charge is 0.200 e. The van der Waals surface area contributed by atoms with E-state index in [-0.39, 0.29) is 22.6 Å². The molecule has 0 radical (unpaired) electrons. The number of H-pyrrole nitrogens is 1. The Kier molecular flexibility index (Phi) is 3.44. The van der Waals surface area contributed by atoms with Gasteiger partial charge in [-0.15, -0.1) is 0 Å². The minimum absolute atomic E-state index is 0.146. The van der Waals surface area contributed by atoms with Crippen molar-refractivity contribution in [2.24, 2.45) is 0 Å². The van der Waals surface area contributed by atoms with Crippen molar-refractivity contribution in [1.29, 1.82) is 0 Å². The summed E-state index contributed by atoms with van der Waals surface area (Å²) in [7, 11) is 0. The first-order chi connectivity index (χ1) is 8.84. The molecule has 0 amide bonds. The molecule has 0 unspecified atom stereocenters. The molecule has 0 saturated carbocycles. The lowest BCUT2D eigenvalue weighted by atomic mass is 10.2. The van der Waals surface area contributed by atoms with Gasteiger partial charge in [0.2, 0.25) is 0 Å². The maximum Gasteiger partial charge on any atom is 0.200 e. The summed E-state index contributed by atoms with van der Waals surface area (Å²) < 4.78 is 54.6. The van der Waals surface area contributed by atoms with Gasteiger partial charge in [-0.3, -0.25) is 9.67 Å². The van der Waals surface area contributed by atoms with Crippen molar-refractivity contribution in [2.75, 3.05) is 0 Å². The second kappa shape index (κ2) is 4.76. The van der Waals surface area contributed by atoms with Crippen molar-refractivity contribution in [3.63, 3.8) is 0 Å². The molecule has 1 aromatic heterocycles. The van der Waals surface area contributed by atoms with Crippen LogP contribution in [-0.2, 0) is 0 Å². The van der Waals surface area contributed by atoms with Crippen molar-refractivity contribution in [3.8, 4) is 5.69 Å². The van der Waals surface area contributed by atoms with Gasteiger partial charge in [0.05, 0.1) is 0 Å². The Morgan fingerprint density at radius 1 is 1.16 bits per heavy atom. The summed E-state index contributed by atoms with van der Waals surface area (Å²) in [5.74, 6) is -6.10. The van der Waals surface area contributed by atoms with Crippen molar-refractivity contribution < 1.29 is 17.6 Å². The fraction of sp³-hybridized carbons (Fsp3) is 0.273. The van der Waals surface area contributed by atoms with Crippen LogP contribution in [0.5, 0.6) is 0 Å². The fourth-order valence-electron chi connectivity index (χ4n) is 1.67. The first kappa shape index (κ1) is 13.7. The molecule has 0 atom stereocenters. The van der Waals surface area contributed by atoms with Crippen LogP contribution in [0.15, 0.2) is 6.07 Å². The molecule has 1 N–H and O–H groups in total. The SMILES string of the molecule is CC(C)c1n[nH]c(=S)n1-c1c(F)c(F)cc(F)c1F. The van der Waals surface area contributed by atoms with E-state index in [1.807, 2.05) is 0 Å². The summed E-state index contributed by atoms with van der Waals surface area (Å²) in [4.78, 5) is 0. The van der Waals surface area contributed by atoms with Gasteiger partial charge in [0, 0.05) is 12.0 Å². The lowest BCUT2D eigenvalue weighted by molar-refractivity contribution is 0.445. The molecule has 0 bridgehead atoms. The molecule has 0 fully saturated rings. The molecule has 0 saturated heterocycles. The second-order valence-corrected chi connectivity index (χ2v) is 4.58. The predicted molar refractivity (Wildman–Crippen MR) is 62.7 cm³/mol. The highest BCUT2D eigenvalue weighted by atomic mass is 32.1. The molecular formula is C11H9F4N3S. The number of benzene rings is 1. The molecule has 102 valence electrons. The standard InChI is InChI=1S/C11H9F4N3S/c1-4(2)10-16-17-11(19)18(10)9-7(14)5(12)3-6(13)8(9)15/h3-4H,1-2H3,(H,17,19). The van der Waals surface area contributed by atoms with Crippen LogP contribution in [-0.4, -0.2) is 14.8 Å². The molecule has 19 heavy (non-hydrogen) atoms. The minimum Gasteiger partial charge on any atom is -0.266 e. The van der Waals surface area contributed by atoms with Gasteiger partial charge in [-0.25, -0.2) is 17.6 Å². The van der Waals surface area contributed by atoms with Gasteiger partial charge < -0.3 is 0 Å². The largest absolute Gasteiger partial charge is 0.266 e. The van der Waals surface area contributed by atoms with Crippen LogP contribution in [0, 0.1) is 28.0 Å². The van der Waals surface area contributed by atoms with E-state index in [4.69, 9.17) is 12.2 Å². The zero-order valence-corrected chi connectivity index (χ0v) is 10.8. The van der Waals surface area contributed by atoms with Crippen LogP contribution in [0.3, 0.4) is 0 Å². The second-order valence-electron chi connectivity index (χ2n) is 4.19. The molecule has 0 aliphatic rings. The number of nitrogens with zero attached hydrogens (tertiary/aromatic N) is 2. The average molecular weight is 291 g/mol. The Balaban J connectivity index is 2.87. The monoisotopic (exact) mass is 291 g/mol. The van der Waals surface area contributed by atoms with Gasteiger partial charge >= 0.3 is 0 Å². The first-order valence-electron chi connectivity index (χ1n) is 5.35. The highest BCUT2D eigenvalue weighted by Gasteiger charge is 2.24. The Morgan fingerprint density at radius 2 is 1.68 bits per heavy atom. The van der Waals surface area contributed by atoms with E-state index in [1.54, 1.807) is 13.8 Å². The van der Waals surface area contributed by atoms with E-state index >= 15 is 0 Å². The van der Waals surface area contributed by atoms with Crippen LogP contribution >= 0.6 is 12.2 Å². The number of aromatic nitrogens is 3. The van der Waals surface area contributed by atoms with Gasteiger partial charge in [-0.05, 0) is 12.2 Å². The zero-order chi connectivity index (χ0) is 14.3. The third-order valence-corrected chi connectivity index (χ3v) is 2.80. The normalized spacial score (nSPS) is 11.3. The van der Waals surface area contributed by atoms with Crippen LogP contribution in [0.4, 0.5) is 17.6 Å². The lowest BCUT2D eigenvalue weighted by Gasteiger charge is -2.11. The Morgan fingerprint density at radius 3 is 2.16 bits per heavy atom. The van der Waals surface area contributed by atoms with Gasteiger partial charge in [0.1, 0.15) is 11.5 Å². The first-order valence-corrected chi connectivity index (χ1v) is 5.76. The van der Waals surface area contributed by atoms with Gasteiger partial charge in [-0.1, -0.05) is 13.8 Å².